The van der Waals surface area contributed by atoms with Gasteiger partial charge in [-0.2, -0.15) is 0 Å². The van der Waals surface area contributed by atoms with Gasteiger partial charge in [0, 0.05) is 18.1 Å². The van der Waals surface area contributed by atoms with Crippen LogP contribution in [0.1, 0.15) is 32.1 Å². The Morgan fingerprint density at radius 3 is 2.18 bits per heavy atom. The largest absolute Gasteiger partial charge is 0.329 e. The SMILES string of the molecule is NCC(N)C1(N)CCCCC1. The van der Waals surface area contributed by atoms with E-state index in [-0.39, 0.29) is 11.6 Å². The van der Waals surface area contributed by atoms with Crippen LogP contribution in [0.15, 0.2) is 0 Å². The van der Waals surface area contributed by atoms with E-state index < -0.39 is 0 Å². The van der Waals surface area contributed by atoms with Gasteiger partial charge in [0.05, 0.1) is 0 Å². The minimum absolute atomic E-state index is 0.0113. The Morgan fingerprint density at radius 1 is 1.18 bits per heavy atom. The normalized spacial score (nSPS) is 26.5. The predicted molar refractivity (Wildman–Crippen MR) is 47.0 cm³/mol. The molecule has 3 nitrogen and oxygen atoms in total. The van der Waals surface area contributed by atoms with E-state index in [1.54, 1.807) is 0 Å². The van der Waals surface area contributed by atoms with Crippen LogP contribution >= 0.6 is 0 Å². The lowest BCUT2D eigenvalue weighted by Crippen LogP contribution is -2.59. The van der Waals surface area contributed by atoms with Crippen molar-refractivity contribution in [3.63, 3.8) is 0 Å². The average Bonchev–Trinajstić information content (AvgIpc) is 2.04. The summed E-state index contributed by atoms with van der Waals surface area (Å²) in [6.45, 7) is 0.510. The highest BCUT2D eigenvalue weighted by molar-refractivity contribution is 4.96. The molecule has 3 heteroatoms. The Kier molecular flexibility index (Phi) is 2.87. The highest BCUT2D eigenvalue weighted by atomic mass is 14.9. The Labute approximate surface area is 68.3 Å². The molecular formula is C8H19N3. The molecule has 0 bridgehead atoms. The fraction of sp³-hybridized carbons (Fsp3) is 1.00. The van der Waals surface area contributed by atoms with Crippen molar-refractivity contribution in [1.82, 2.24) is 0 Å². The molecule has 1 unspecified atom stereocenters. The molecule has 0 aromatic heterocycles. The van der Waals surface area contributed by atoms with Crippen LogP contribution in [-0.2, 0) is 0 Å². The Bertz CT molecular complexity index is 119. The van der Waals surface area contributed by atoms with E-state index in [2.05, 4.69) is 0 Å². The molecule has 1 aliphatic rings. The first-order chi connectivity index (χ1) is 5.19. The van der Waals surface area contributed by atoms with Crippen LogP contribution in [0.5, 0.6) is 0 Å². The second-order valence-corrected chi connectivity index (χ2v) is 3.64. The number of rotatable bonds is 2. The van der Waals surface area contributed by atoms with Gasteiger partial charge >= 0.3 is 0 Å². The van der Waals surface area contributed by atoms with Crippen molar-refractivity contribution in [2.24, 2.45) is 17.2 Å². The second-order valence-electron chi connectivity index (χ2n) is 3.64. The molecule has 0 radical (unpaired) electrons. The van der Waals surface area contributed by atoms with Gasteiger partial charge in [-0.25, -0.2) is 0 Å². The third kappa shape index (κ3) is 1.92. The van der Waals surface area contributed by atoms with E-state index in [0.717, 1.165) is 12.8 Å². The van der Waals surface area contributed by atoms with Gasteiger partial charge < -0.3 is 17.2 Å². The monoisotopic (exact) mass is 157 g/mol. The zero-order valence-corrected chi connectivity index (χ0v) is 7.05. The molecule has 0 aromatic carbocycles. The zero-order valence-electron chi connectivity index (χ0n) is 7.05. The van der Waals surface area contributed by atoms with E-state index in [4.69, 9.17) is 17.2 Å². The first kappa shape index (κ1) is 8.97. The van der Waals surface area contributed by atoms with Crippen LogP contribution in [-0.4, -0.2) is 18.1 Å². The van der Waals surface area contributed by atoms with Gasteiger partial charge in [-0.15, -0.1) is 0 Å². The van der Waals surface area contributed by atoms with Crippen molar-refractivity contribution >= 4 is 0 Å². The lowest BCUT2D eigenvalue weighted by molar-refractivity contribution is 0.250. The fourth-order valence-corrected chi connectivity index (χ4v) is 1.82. The average molecular weight is 157 g/mol. The van der Waals surface area contributed by atoms with Crippen molar-refractivity contribution in [2.45, 2.75) is 43.7 Å². The van der Waals surface area contributed by atoms with Gasteiger partial charge in [0.2, 0.25) is 0 Å². The van der Waals surface area contributed by atoms with Gasteiger partial charge in [0.1, 0.15) is 0 Å². The molecule has 6 N–H and O–H groups in total. The highest BCUT2D eigenvalue weighted by Crippen LogP contribution is 2.27. The summed E-state index contributed by atoms with van der Waals surface area (Å²) >= 11 is 0. The summed E-state index contributed by atoms with van der Waals surface area (Å²) in [6, 6.07) is -0.0113. The highest BCUT2D eigenvalue weighted by Gasteiger charge is 2.32. The quantitative estimate of drug-likeness (QED) is 0.525. The first-order valence-corrected chi connectivity index (χ1v) is 4.43. The summed E-state index contributed by atoms with van der Waals surface area (Å²) in [7, 11) is 0. The molecule has 0 aromatic rings. The molecule has 1 atom stereocenters. The third-order valence-electron chi connectivity index (χ3n) is 2.78. The van der Waals surface area contributed by atoms with Crippen LogP contribution in [0.2, 0.25) is 0 Å². The van der Waals surface area contributed by atoms with Crippen molar-refractivity contribution in [1.29, 1.82) is 0 Å². The minimum Gasteiger partial charge on any atom is -0.329 e. The van der Waals surface area contributed by atoms with Gasteiger partial charge in [-0.3, -0.25) is 0 Å². The number of nitrogens with two attached hydrogens (primary N) is 3. The summed E-state index contributed by atoms with van der Waals surface area (Å²) in [6.07, 6.45) is 5.82. The minimum atomic E-state index is -0.160. The van der Waals surface area contributed by atoms with E-state index in [1.807, 2.05) is 0 Å². The van der Waals surface area contributed by atoms with E-state index >= 15 is 0 Å². The standard InChI is InChI=1S/C8H19N3/c9-6-7(10)8(11)4-2-1-3-5-8/h7H,1-6,9-11H2. The molecule has 0 spiro atoms. The van der Waals surface area contributed by atoms with Gasteiger partial charge in [0.15, 0.2) is 0 Å². The molecule has 0 aliphatic heterocycles. The molecular weight excluding hydrogens is 138 g/mol. The van der Waals surface area contributed by atoms with E-state index in [0.29, 0.717) is 6.54 Å². The third-order valence-corrected chi connectivity index (χ3v) is 2.78. The van der Waals surface area contributed by atoms with Crippen LogP contribution in [0.4, 0.5) is 0 Å². The maximum absolute atomic E-state index is 6.11. The van der Waals surface area contributed by atoms with Crippen LogP contribution in [0, 0.1) is 0 Å². The Hall–Kier alpha value is -0.120. The molecule has 1 aliphatic carbocycles. The summed E-state index contributed by atoms with van der Waals surface area (Å²) in [5.74, 6) is 0. The van der Waals surface area contributed by atoms with Crippen LogP contribution < -0.4 is 17.2 Å². The van der Waals surface area contributed by atoms with Crippen molar-refractivity contribution < 1.29 is 0 Å². The summed E-state index contributed by atoms with van der Waals surface area (Å²) in [5.41, 5.74) is 17.3. The molecule has 11 heavy (non-hydrogen) atoms. The molecule has 0 saturated heterocycles. The van der Waals surface area contributed by atoms with Crippen LogP contribution in [0.3, 0.4) is 0 Å². The second kappa shape index (κ2) is 3.52. The Morgan fingerprint density at radius 2 is 1.73 bits per heavy atom. The van der Waals surface area contributed by atoms with E-state index in [1.165, 1.54) is 19.3 Å². The number of hydrogen-bond donors (Lipinski definition) is 3. The Balaban J connectivity index is 2.49. The lowest BCUT2D eigenvalue weighted by Gasteiger charge is -2.37. The molecule has 1 saturated carbocycles. The molecule has 1 fully saturated rings. The van der Waals surface area contributed by atoms with Crippen molar-refractivity contribution in [3.8, 4) is 0 Å². The van der Waals surface area contributed by atoms with Gasteiger partial charge in [0.25, 0.3) is 0 Å². The predicted octanol–water partition coefficient (Wildman–Crippen LogP) is -0.0660. The van der Waals surface area contributed by atoms with E-state index in [9.17, 15) is 0 Å². The van der Waals surface area contributed by atoms with Gasteiger partial charge in [-0.05, 0) is 12.8 Å². The van der Waals surface area contributed by atoms with Crippen LogP contribution in [0.25, 0.3) is 0 Å². The summed E-state index contributed by atoms with van der Waals surface area (Å²) in [5, 5.41) is 0. The molecule has 66 valence electrons. The van der Waals surface area contributed by atoms with Gasteiger partial charge in [-0.1, -0.05) is 19.3 Å². The smallest absolute Gasteiger partial charge is 0.0346 e. The first-order valence-electron chi connectivity index (χ1n) is 4.43. The fourth-order valence-electron chi connectivity index (χ4n) is 1.82. The maximum atomic E-state index is 6.11. The summed E-state index contributed by atoms with van der Waals surface area (Å²) in [4.78, 5) is 0. The topological polar surface area (TPSA) is 78.1 Å². The summed E-state index contributed by atoms with van der Waals surface area (Å²) < 4.78 is 0. The lowest BCUT2D eigenvalue weighted by atomic mass is 9.77. The molecule has 1 rings (SSSR count). The molecule has 0 amide bonds. The molecule has 0 heterocycles. The van der Waals surface area contributed by atoms with Crippen molar-refractivity contribution in [3.05, 3.63) is 0 Å². The van der Waals surface area contributed by atoms with Crippen molar-refractivity contribution in [2.75, 3.05) is 6.54 Å². The zero-order chi connectivity index (χ0) is 8.32. The number of hydrogen-bond acceptors (Lipinski definition) is 3. The maximum Gasteiger partial charge on any atom is 0.0346 e.